The number of halogens is 3. The van der Waals surface area contributed by atoms with E-state index in [1.165, 1.54) is 6.26 Å². The summed E-state index contributed by atoms with van der Waals surface area (Å²) in [6.07, 6.45) is 1.41. The number of pyridine rings is 1. The molecule has 0 aromatic carbocycles. The van der Waals surface area contributed by atoms with Gasteiger partial charge in [-0.2, -0.15) is 0 Å². The van der Waals surface area contributed by atoms with Gasteiger partial charge < -0.3 is 9.73 Å². The molecule has 0 fully saturated rings. The zero-order valence-electron chi connectivity index (χ0n) is 9.13. The van der Waals surface area contributed by atoms with Crippen LogP contribution in [0.3, 0.4) is 0 Å². The predicted octanol–water partition coefficient (Wildman–Crippen LogP) is 4.30. The molecule has 0 unspecified atom stereocenters. The first-order valence-corrected chi connectivity index (χ1v) is 6.41. The van der Waals surface area contributed by atoms with E-state index >= 15 is 0 Å². The van der Waals surface area contributed by atoms with Gasteiger partial charge in [0.15, 0.2) is 9.82 Å². The van der Waals surface area contributed by atoms with Gasteiger partial charge in [-0.25, -0.2) is 4.98 Å². The topological polar surface area (TPSA) is 55.1 Å². The van der Waals surface area contributed by atoms with Crippen LogP contribution in [-0.4, -0.2) is 10.9 Å². The summed E-state index contributed by atoms with van der Waals surface area (Å²) in [5, 5.41) is 3.09. The number of hydrogen-bond acceptors (Lipinski definition) is 3. The molecule has 18 heavy (non-hydrogen) atoms. The van der Waals surface area contributed by atoms with Gasteiger partial charge in [-0.3, -0.25) is 4.79 Å². The van der Waals surface area contributed by atoms with Crippen molar-refractivity contribution >= 4 is 50.7 Å². The highest BCUT2D eigenvalue weighted by molar-refractivity contribution is 9.10. The van der Waals surface area contributed by atoms with Crippen LogP contribution in [0.1, 0.15) is 15.9 Å². The first kappa shape index (κ1) is 13.4. The minimum absolute atomic E-state index is 0.146. The Morgan fingerprint density at radius 3 is 2.78 bits per heavy atom. The number of amides is 1. The fraction of sp³-hybridized carbons (Fsp3) is 0.0909. The molecule has 0 saturated heterocycles. The van der Waals surface area contributed by atoms with Crippen LogP contribution in [-0.2, 0) is 0 Å². The molecule has 0 spiro atoms. The average molecular weight is 350 g/mol. The molecule has 1 N–H and O–H groups in total. The van der Waals surface area contributed by atoms with Crippen molar-refractivity contribution in [2.24, 2.45) is 0 Å². The van der Waals surface area contributed by atoms with Crippen LogP contribution in [0.4, 0.5) is 5.69 Å². The summed E-state index contributed by atoms with van der Waals surface area (Å²) in [4.78, 5) is 15.8. The zero-order valence-corrected chi connectivity index (χ0v) is 12.2. The molecule has 0 saturated carbocycles. The lowest BCUT2D eigenvalue weighted by Crippen LogP contribution is -2.13. The van der Waals surface area contributed by atoms with Gasteiger partial charge in [0.2, 0.25) is 0 Å². The van der Waals surface area contributed by atoms with Crippen molar-refractivity contribution in [3.63, 3.8) is 0 Å². The van der Waals surface area contributed by atoms with E-state index in [4.69, 9.17) is 27.6 Å². The van der Waals surface area contributed by atoms with Crippen molar-refractivity contribution in [3.8, 4) is 0 Å². The van der Waals surface area contributed by atoms with Crippen molar-refractivity contribution in [3.05, 3.63) is 44.5 Å². The highest BCUT2D eigenvalue weighted by atomic mass is 79.9. The number of rotatable bonds is 2. The number of furan rings is 1. The Morgan fingerprint density at radius 2 is 2.22 bits per heavy atom. The van der Waals surface area contributed by atoms with Gasteiger partial charge in [0.05, 0.1) is 17.5 Å². The zero-order chi connectivity index (χ0) is 13.3. The SMILES string of the molecule is Cc1cc(Cl)nc(Cl)c1NC(=O)c1ccoc1Br. The third kappa shape index (κ3) is 2.68. The fourth-order valence-corrected chi connectivity index (χ4v) is 2.38. The molecule has 0 aliphatic rings. The van der Waals surface area contributed by atoms with Gasteiger partial charge in [-0.1, -0.05) is 23.2 Å². The van der Waals surface area contributed by atoms with E-state index in [1.54, 1.807) is 19.1 Å². The maximum absolute atomic E-state index is 12.0. The lowest BCUT2D eigenvalue weighted by atomic mass is 10.2. The molecular formula is C11H7BrCl2N2O2. The molecule has 2 rings (SSSR count). The molecule has 94 valence electrons. The van der Waals surface area contributed by atoms with Gasteiger partial charge in [-0.05, 0) is 40.5 Å². The Morgan fingerprint density at radius 1 is 1.50 bits per heavy atom. The molecule has 1 amide bonds. The first-order chi connectivity index (χ1) is 8.49. The maximum atomic E-state index is 12.0. The van der Waals surface area contributed by atoms with E-state index < -0.39 is 0 Å². The normalized spacial score (nSPS) is 10.4. The monoisotopic (exact) mass is 348 g/mol. The maximum Gasteiger partial charge on any atom is 0.260 e. The summed E-state index contributed by atoms with van der Waals surface area (Å²) >= 11 is 14.8. The number of anilines is 1. The Bertz CT molecular complexity index is 590. The van der Waals surface area contributed by atoms with Crippen LogP contribution in [0.25, 0.3) is 0 Å². The van der Waals surface area contributed by atoms with Crippen molar-refractivity contribution < 1.29 is 9.21 Å². The second kappa shape index (κ2) is 5.30. The van der Waals surface area contributed by atoms with E-state index in [2.05, 4.69) is 26.2 Å². The smallest absolute Gasteiger partial charge is 0.260 e. The molecule has 0 bridgehead atoms. The van der Waals surface area contributed by atoms with Crippen LogP contribution >= 0.6 is 39.1 Å². The van der Waals surface area contributed by atoms with Crippen molar-refractivity contribution in [2.45, 2.75) is 6.92 Å². The van der Waals surface area contributed by atoms with E-state index in [1.807, 2.05) is 0 Å². The third-order valence-corrected chi connectivity index (χ3v) is 3.32. The number of hydrogen-bond donors (Lipinski definition) is 1. The summed E-state index contributed by atoms with van der Waals surface area (Å²) in [6.45, 7) is 1.78. The van der Waals surface area contributed by atoms with Gasteiger partial charge in [0, 0.05) is 0 Å². The summed E-state index contributed by atoms with van der Waals surface area (Å²) in [7, 11) is 0. The van der Waals surface area contributed by atoms with Gasteiger partial charge >= 0.3 is 0 Å². The summed E-state index contributed by atoms with van der Waals surface area (Å²) in [6, 6.07) is 3.17. The third-order valence-electron chi connectivity index (χ3n) is 2.24. The number of carbonyl (C=O) groups excluding carboxylic acids is 1. The quantitative estimate of drug-likeness (QED) is 0.822. The second-order valence-corrected chi connectivity index (χ2v) is 4.96. The summed E-state index contributed by atoms with van der Waals surface area (Å²) < 4.78 is 5.35. The Hall–Kier alpha value is -1.04. The number of aromatic nitrogens is 1. The summed E-state index contributed by atoms with van der Waals surface area (Å²) in [5.74, 6) is -0.343. The molecule has 2 aromatic heterocycles. The minimum Gasteiger partial charge on any atom is -0.457 e. The van der Waals surface area contributed by atoms with Crippen molar-refractivity contribution in [2.75, 3.05) is 5.32 Å². The highest BCUT2D eigenvalue weighted by Crippen LogP contribution is 2.27. The van der Waals surface area contributed by atoms with E-state index in [9.17, 15) is 4.79 Å². The predicted molar refractivity (Wildman–Crippen MR) is 73.4 cm³/mol. The second-order valence-electron chi connectivity index (χ2n) is 3.49. The fourth-order valence-electron chi connectivity index (χ4n) is 1.38. The molecule has 2 heterocycles. The average Bonchev–Trinajstić information content (AvgIpc) is 2.69. The molecule has 0 aliphatic heterocycles. The van der Waals surface area contributed by atoms with Crippen LogP contribution in [0.5, 0.6) is 0 Å². The Labute approximate surface area is 121 Å². The van der Waals surface area contributed by atoms with Crippen molar-refractivity contribution in [1.82, 2.24) is 4.98 Å². The van der Waals surface area contributed by atoms with Gasteiger partial charge in [0.1, 0.15) is 5.15 Å². The number of nitrogens with zero attached hydrogens (tertiary/aromatic N) is 1. The van der Waals surface area contributed by atoms with E-state index in [0.29, 0.717) is 15.9 Å². The standard InChI is InChI=1S/C11H7BrCl2N2O2/c1-5-4-7(13)15-10(14)8(5)16-11(17)6-2-3-18-9(6)12/h2-4H,1H3,(H,16,17). The van der Waals surface area contributed by atoms with Crippen molar-refractivity contribution in [1.29, 1.82) is 0 Å². The summed E-state index contributed by atoms with van der Waals surface area (Å²) in [5.41, 5.74) is 1.53. The molecule has 0 aliphatic carbocycles. The van der Waals surface area contributed by atoms with Crippen LogP contribution in [0.15, 0.2) is 27.5 Å². The molecule has 4 nitrogen and oxygen atoms in total. The first-order valence-electron chi connectivity index (χ1n) is 4.86. The van der Waals surface area contributed by atoms with Gasteiger partial charge in [0.25, 0.3) is 5.91 Å². The van der Waals surface area contributed by atoms with E-state index in [-0.39, 0.29) is 16.2 Å². The molecule has 0 radical (unpaired) electrons. The Kier molecular flexibility index (Phi) is 3.94. The lowest BCUT2D eigenvalue weighted by Gasteiger charge is -2.09. The molecule has 0 atom stereocenters. The molecule has 7 heteroatoms. The molecular weight excluding hydrogens is 343 g/mol. The number of nitrogens with one attached hydrogen (secondary N) is 1. The minimum atomic E-state index is -0.343. The number of aryl methyl sites for hydroxylation is 1. The van der Waals surface area contributed by atoms with Crippen LogP contribution in [0, 0.1) is 6.92 Å². The Balaban J connectivity index is 2.31. The largest absolute Gasteiger partial charge is 0.457 e. The van der Waals surface area contributed by atoms with E-state index in [0.717, 1.165) is 5.56 Å². The van der Waals surface area contributed by atoms with Gasteiger partial charge in [-0.15, -0.1) is 0 Å². The van der Waals surface area contributed by atoms with Crippen LogP contribution < -0.4 is 5.32 Å². The number of carbonyl (C=O) groups is 1. The lowest BCUT2D eigenvalue weighted by molar-refractivity contribution is 0.102. The highest BCUT2D eigenvalue weighted by Gasteiger charge is 2.16. The van der Waals surface area contributed by atoms with Crippen LogP contribution in [0.2, 0.25) is 10.3 Å². The molecule has 2 aromatic rings.